The summed E-state index contributed by atoms with van der Waals surface area (Å²) in [6.45, 7) is 1.55. The fraction of sp³-hybridized carbons (Fsp3) is 0.357. The maximum atomic E-state index is 12.4. The van der Waals surface area contributed by atoms with Crippen LogP contribution in [0.4, 0.5) is 8.78 Å². The summed E-state index contributed by atoms with van der Waals surface area (Å²) in [7, 11) is 0. The summed E-state index contributed by atoms with van der Waals surface area (Å²) in [6.07, 6.45) is -3.20. The lowest BCUT2D eigenvalue weighted by Crippen LogP contribution is -2.35. The van der Waals surface area contributed by atoms with Crippen molar-refractivity contribution in [1.82, 2.24) is 5.06 Å². The minimum Gasteiger partial charge on any atom is -0.329 e. The lowest BCUT2D eigenvalue weighted by molar-refractivity contribution is -0.175. The molecule has 1 aromatic rings. The van der Waals surface area contributed by atoms with Gasteiger partial charge < -0.3 is 4.84 Å². The Balaban J connectivity index is 2.13. The van der Waals surface area contributed by atoms with E-state index in [1.165, 1.54) is 12.1 Å². The number of nitrogens with zero attached hydrogens (tertiary/aromatic N) is 1. The van der Waals surface area contributed by atoms with E-state index >= 15 is 0 Å². The molecule has 1 unspecified atom stereocenters. The van der Waals surface area contributed by atoms with Gasteiger partial charge in [0.2, 0.25) is 6.43 Å². The largest absolute Gasteiger partial charge is 0.336 e. The Morgan fingerprint density at radius 2 is 1.71 bits per heavy atom. The Morgan fingerprint density at radius 3 is 2.14 bits per heavy atom. The van der Waals surface area contributed by atoms with E-state index in [-0.39, 0.29) is 17.5 Å². The molecule has 5 nitrogen and oxygen atoms in total. The summed E-state index contributed by atoms with van der Waals surface area (Å²) in [4.78, 5) is 40.5. The number of carbonyl (C=O) groups is 3. The number of imide groups is 1. The van der Waals surface area contributed by atoms with Gasteiger partial charge >= 0.3 is 5.97 Å². The zero-order valence-electron chi connectivity index (χ0n) is 11.2. The van der Waals surface area contributed by atoms with Crippen LogP contribution in [-0.2, 0) is 9.63 Å². The first kappa shape index (κ1) is 15.1. The second kappa shape index (κ2) is 5.99. The number of hydroxylamine groups is 2. The van der Waals surface area contributed by atoms with E-state index in [4.69, 9.17) is 4.84 Å². The predicted molar refractivity (Wildman–Crippen MR) is 67.4 cm³/mol. The van der Waals surface area contributed by atoms with E-state index in [2.05, 4.69) is 0 Å². The van der Waals surface area contributed by atoms with Crippen molar-refractivity contribution in [1.29, 1.82) is 0 Å². The lowest BCUT2D eigenvalue weighted by atomic mass is 10.0. The molecule has 0 spiro atoms. The predicted octanol–water partition coefficient (Wildman–Crippen LogP) is 2.42. The molecule has 1 aliphatic rings. The van der Waals surface area contributed by atoms with Gasteiger partial charge in [-0.05, 0) is 18.6 Å². The topological polar surface area (TPSA) is 63.7 Å². The average Bonchev–Trinajstić information content (AvgIpc) is 2.70. The number of halogens is 2. The van der Waals surface area contributed by atoms with Gasteiger partial charge in [0, 0.05) is 6.42 Å². The van der Waals surface area contributed by atoms with Gasteiger partial charge in [0.15, 0.2) is 0 Å². The molecule has 1 aliphatic heterocycles. The van der Waals surface area contributed by atoms with Crippen molar-refractivity contribution in [2.24, 2.45) is 5.92 Å². The Labute approximate surface area is 119 Å². The van der Waals surface area contributed by atoms with Crippen LogP contribution in [0.15, 0.2) is 24.3 Å². The molecule has 0 aromatic heterocycles. The number of benzene rings is 1. The summed E-state index contributed by atoms with van der Waals surface area (Å²) in [5.41, 5.74) is 0.245. The van der Waals surface area contributed by atoms with Crippen LogP contribution < -0.4 is 0 Å². The number of hydrogen-bond donors (Lipinski definition) is 0. The molecule has 0 aliphatic carbocycles. The normalized spacial score (nSPS) is 15.3. The molecule has 2 amide bonds. The third-order valence-electron chi connectivity index (χ3n) is 3.23. The molecule has 0 fully saturated rings. The highest BCUT2D eigenvalue weighted by atomic mass is 19.3. The number of rotatable bonds is 5. The van der Waals surface area contributed by atoms with Crippen molar-refractivity contribution in [2.45, 2.75) is 26.2 Å². The number of alkyl halides is 2. The first-order valence-electron chi connectivity index (χ1n) is 6.43. The van der Waals surface area contributed by atoms with Crippen molar-refractivity contribution in [2.75, 3.05) is 0 Å². The zero-order valence-corrected chi connectivity index (χ0v) is 11.2. The van der Waals surface area contributed by atoms with Gasteiger partial charge in [-0.25, -0.2) is 13.6 Å². The quantitative estimate of drug-likeness (QED) is 0.783. The van der Waals surface area contributed by atoms with E-state index < -0.39 is 36.5 Å². The highest BCUT2D eigenvalue weighted by molar-refractivity contribution is 6.20. The van der Waals surface area contributed by atoms with E-state index in [1.807, 2.05) is 0 Å². The van der Waals surface area contributed by atoms with Crippen LogP contribution in [0.25, 0.3) is 0 Å². The first-order valence-corrected chi connectivity index (χ1v) is 6.43. The van der Waals surface area contributed by atoms with Crippen LogP contribution in [0.5, 0.6) is 0 Å². The number of hydrogen-bond acceptors (Lipinski definition) is 4. The molecule has 2 rings (SSSR count). The van der Waals surface area contributed by atoms with Crippen LogP contribution in [0.2, 0.25) is 0 Å². The minimum absolute atomic E-state index is 0.122. The second-order valence-corrected chi connectivity index (χ2v) is 4.59. The Hall–Kier alpha value is -2.31. The number of amides is 2. The molecule has 112 valence electrons. The first-order chi connectivity index (χ1) is 9.95. The zero-order chi connectivity index (χ0) is 15.6. The molecule has 0 radical (unpaired) electrons. The molecule has 21 heavy (non-hydrogen) atoms. The van der Waals surface area contributed by atoms with Crippen LogP contribution in [0, 0.1) is 5.92 Å². The van der Waals surface area contributed by atoms with E-state index in [0.29, 0.717) is 5.06 Å². The van der Waals surface area contributed by atoms with Gasteiger partial charge in [0.25, 0.3) is 11.8 Å². The van der Waals surface area contributed by atoms with Gasteiger partial charge in [-0.15, -0.1) is 0 Å². The SMILES string of the molecule is CCC(CC(F)F)C(=O)ON1C(=O)c2ccccc2C1=O. The van der Waals surface area contributed by atoms with Gasteiger partial charge in [-0.1, -0.05) is 24.1 Å². The molecular formula is C14H13F2NO4. The molecule has 0 bridgehead atoms. The third kappa shape index (κ3) is 2.91. The van der Waals surface area contributed by atoms with Crippen LogP contribution in [-0.4, -0.2) is 29.3 Å². The Bertz CT molecular complexity index is 553. The van der Waals surface area contributed by atoms with Crippen molar-refractivity contribution < 1.29 is 28.0 Å². The Morgan fingerprint density at radius 1 is 1.19 bits per heavy atom. The fourth-order valence-corrected chi connectivity index (χ4v) is 2.06. The van der Waals surface area contributed by atoms with Gasteiger partial charge in [-0.2, -0.15) is 0 Å². The summed E-state index contributed by atoms with van der Waals surface area (Å²) >= 11 is 0. The fourth-order valence-electron chi connectivity index (χ4n) is 2.06. The smallest absolute Gasteiger partial charge is 0.329 e. The average molecular weight is 297 g/mol. The molecule has 1 heterocycles. The van der Waals surface area contributed by atoms with Crippen LogP contribution in [0.3, 0.4) is 0 Å². The number of fused-ring (bicyclic) bond motifs is 1. The third-order valence-corrected chi connectivity index (χ3v) is 3.23. The lowest BCUT2D eigenvalue weighted by Gasteiger charge is -2.17. The Kier molecular flexibility index (Phi) is 4.30. The molecule has 0 saturated carbocycles. The monoisotopic (exact) mass is 297 g/mol. The highest BCUT2D eigenvalue weighted by Crippen LogP contribution is 2.24. The molecule has 7 heteroatoms. The van der Waals surface area contributed by atoms with E-state index in [1.54, 1.807) is 19.1 Å². The maximum Gasteiger partial charge on any atom is 0.336 e. The van der Waals surface area contributed by atoms with Gasteiger partial charge in [0.1, 0.15) is 0 Å². The molecule has 1 aromatic carbocycles. The van der Waals surface area contributed by atoms with Crippen molar-refractivity contribution >= 4 is 17.8 Å². The molecule has 0 saturated heterocycles. The standard InChI is InChI=1S/C14H13F2NO4/c1-2-8(7-11(15)16)14(20)21-17-12(18)9-5-3-4-6-10(9)13(17)19/h3-6,8,11H,2,7H2,1H3. The van der Waals surface area contributed by atoms with Crippen LogP contribution >= 0.6 is 0 Å². The van der Waals surface area contributed by atoms with Crippen molar-refractivity contribution in [3.63, 3.8) is 0 Å². The molecule has 0 N–H and O–H groups in total. The summed E-state index contributed by atoms with van der Waals surface area (Å²) in [5, 5.41) is 0.334. The minimum atomic E-state index is -2.66. The van der Waals surface area contributed by atoms with Crippen LogP contribution in [0.1, 0.15) is 40.5 Å². The van der Waals surface area contributed by atoms with E-state index in [9.17, 15) is 23.2 Å². The summed E-state index contributed by atoms with van der Waals surface area (Å²) < 4.78 is 24.7. The summed E-state index contributed by atoms with van der Waals surface area (Å²) in [6, 6.07) is 6.00. The molecular weight excluding hydrogens is 284 g/mol. The van der Waals surface area contributed by atoms with Crippen molar-refractivity contribution in [3.05, 3.63) is 35.4 Å². The number of carbonyl (C=O) groups excluding carboxylic acids is 3. The highest BCUT2D eigenvalue weighted by Gasteiger charge is 2.39. The van der Waals surface area contributed by atoms with E-state index in [0.717, 1.165) is 0 Å². The maximum absolute atomic E-state index is 12.4. The van der Waals surface area contributed by atoms with Gasteiger partial charge in [0.05, 0.1) is 17.0 Å². The summed E-state index contributed by atoms with van der Waals surface area (Å²) in [5.74, 6) is -3.60. The van der Waals surface area contributed by atoms with Gasteiger partial charge in [-0.3, -0.25) is 9.59 Å². The second-order valence-electron chi connectivity index (χ2n) is 4.59. The van der Waals surface area contributed by atoms with Crippen molar-refractivity contribution in [3.8, 4) is 0 Å². The molecule has 1 atom stereocenters.